The van der Waals surface area contributed by atoms with Gasteiger partial charge in [-0.2, -0.15) is 0 Å². The van der Waals surface area contributed by atoms with E-state index in [-0.39, 0.29) is 12.0 Å². The zero-order valence-electron chi connectivity index (χ0n) is 15.7. The molecule has 5 nitrogen and oxygen atoms in total. The van der Waals surface area contributed by atoms with E-state index in [0.29, 0.717) is 36.1 Å². The second-order valence-corrected chi connectivity index (χ2v) is 6.23. The third kappa shape index (κ3) is 5.71. The average Bonchev–Trinajstić information content (AvgIpc) is 2.57. The lowest BCUT2D eigenvalue weighted by atomic mass is 10.0. The molecule has 5 heteroatoms. The molecule has 0 bridgehead atoms. The van der Waals surface area contributed by atoms with Gasteiger partial charge in [0.2, 0.25) is 0 Å². The van der Waals surface area contributed by atoms with E-state index in [1.54, 1.807) is 18.2 Å². The summed E-state index contributed by atoms with van der Waals surface area (Å²) >= 11 is 0. The molecule has 0 unspecified atom stereocenters. The number of nitrogens with two attached hydrogens (primary N) is 1. The summed E-state index contributed by atoms with van der Waals surface area (Å²) in [5, 5.41) is 0. The van der Waals surface area contributed by atoms with E-state index in [1.165, 1.54) is 0 Å². The molecule has 1 rings (SSSR count). The molecule has 1 aromatic rings. The highest BCUT2D eigenvalue weighted by molar-refractivity contribution is 5.90. The van der Waals surface area contributed by atoms with Gasteiger partial charge in [0, 0.05) is 6.04 Å². The van der Waals surface area contributed by atoms with Crippen LogP contribution in [0.25, 0.3) is 0 Å². The van der Waals surface area contributed by atoms with E-state index in [0.717, 1.165) is 19.5 Å². The maximum Gasteiger partial charge on any atom is 0.338 e. The van der Waals surface area contributed by atoms with E-state index in [2.05, 4.69) is 32.6 Å². The first-order valence-corrected chi connectivity index (χ1v) is 8.87. The van der Waals surface area contributed by atoms with Crippen molar-refractivity contribution in [1.29, 1.82) is 0 Å². The topological polar surface area (TPSA) is 64.8 Å². The Hall–Kier alpha value is -1.75. The molecule has 2 N–H and O–H groups in total. The molecule has 0 aliphatic carbocycles. The molecule has 1 aromatic carbocycles. The molecule has 24 heavy (non-hydrogen) atoms. The number of anilines is 1. The van der Waals surface area contributed by atoms with Crippen LogP contribution in [-0.4, -0.2) is 43.2 Å². The number of esters is 1. The third-order valence-electron chi connectivity index (χ3n) is 4.15. The Morgan fingerprint density at radius 1 is 1.21 bits per heavy atom. The molecule has 0 radical (unpaired) electrons. The van der Waals surface area contributed by atoms with Crippen LogP contribution in [0.5, 0.6) is 5.75 Å². The highest BCUT2D eigenvalue weighted by Gasteiger charge is 2.22. The first-order chi connectivity index (χ1) is 11.4. The molecule has 136 valence electrons. The summed E-state index contributed by atoms with van der Waals surface area (Å²) in [6.07, 6.45) is 0.883. The Morgan fingerprint density at radius 3 is 2.42 bits per heavy atom. The minimum absolute atomic E-state index is 0.216. The maximum absolute atomic E-state index is 12.4. The van der Waals surface area contributed by atoms with Crippen LogP contribution in [-0.2, 0) is 4.74 Å². The number of hydrogen-bond acceptors (Lipinski definition) is 5. The fourth-order valence-corrected chi connectivity index (χ4v) is 2.65. The monoisotopic (exact) mass is 336 g/mol. The van der Waals surface area contributed by atoms with E-state index < -0.39 is 0 Å². The minimum atomic E-state index is -0.339. The summed E-state index contributed by atoms with van der Waals surface area (Å²) in [6, 6.07) is 5.24. The van der Waals surface area contributed by atoms with Crippen LogP contribution in [0.15, 0.2) is 18.2 Å². The predicted octanol–water partition coefficient (Wildman–Crippen LogP) is 3.58. The Morgan fingerprint density at radius 2 is 1.88 bits per heavy atom. The molecule has 0 aliphatic heterocycles. The van der Waals surface area contributed by atoms with Crippen molar-refractivity contribution in [2.45, 2.75) is 47.1 Å². The standard InChI is InChI=1S/C19H32N2O3/c1-6-11-23-18-12-15(9-10-16(18)20)19(22)24-13-17(14(4)5)21(7-2)8-3/h9-10,12,14,17H,6-8,11,13,20H2,1-5H3/t17-/m1/s1. The van der Waals surface area contributed by atoms with Gasteiger partial charge in [-0.05, 0) is 43.6 Å². The van der Waals surface area contributed by atoms with Crippen LogP contribution in [0.2, 0.25) is 0 Å². The molecule has 1 atom stereocenters. The van der Waals surface area contributed by atoms with Gasteiger partial charge in [-0.1, -0.05) is 34.6 Å². The Bertz CT molecular complexity index is 513. The molecule has 0 saturated heterocycles. The highest BCUT2D eigenvalue weighted by atomic mass is 16.5. The van der Waals surface area contributed by atoms with Crippen molar-refractivity contribution in [3.8, 4) is 5.75 Å². The number of benzene rings is 1. The van der Waals surface area contributed by atoms with Gasteiger partial charge in [-0.3, -0.25) is 4.90 Å². The fraction of sp³-hybridized carbons (Fsp3) is 0.632. The van der Waals surface area contributed by atoms with Crippen LogP contribution < -0.4 is 10.5 Å². The molecular formula is C19H32N2O3. The Kier molecular flexibility index (Phi) is 8.61. The fourth-order valence-electron chi connectivity index (χ4n) is 2.65. The summed E-state index contributed by atoms with van der Waals surface area (Å²) in [5.41, 5.74) is 6.88. The van der Waals surface area contributed by atoms with E-state index in [4.69, 9.17) is 15.2 Å². The average molecular weight is 336 g/mol. The van der Waals surface area contributed by atoms with Gasteiger partial charge in [0.25, 0.3) is 0 Å². The number of rotatable bonds is 10. The van der Waals surface area contributed by atoms with Crippen molar-refractivity contribution >= 4 is 11.7 Å². The van der Waals surface area contributed by atoms with Crippen molar-refractivity contribution in [3.63, 3.8) is 0 Å². The normalized spacial score (nSPS) is 12.5. The lowest BCUT2D eigenvalue weighted by Crippen LogP contribution is -2.42. The van der Waals surface area contributed by atoms with Crippen molar-refractivity contribution in [2.24, 2.45) is 5.92 Å². The Balaban J connectivity index is 2.76. The quantitative estimate of drug-likeness (QED) is 0.522. The number of likely N-dealkylation sites (N-methyl/N-ethyl adjacent to an activating group) is 1. The summed E-state index contributed by atoms with van der Waals surface area (Å²) in [6.45, 7) is 13.4. The molecule has 0 spiro atoms. The summed E-state index contributed by atoms with van der Waals surface area (Å²) in [5.74, 6) is 0.608. The highest BCUT2D eigenvalue weighted by Crippen LogP contribution is 2.23. The van der Waals surface area contributed by atoms with Gasteiger partial charge in [-0.15, -0.1) is 0 Å². The number of carbonyl (C=O) groups is 1. The summed E-state index contributed by atoms with van der Waals surface area (Å²) in [4.78, 5) is 14.7. The van der Waals surface area contributed by atoms with Gasteiger partial charge >= 0.3 is 5.97 Å². The number of hydrogen-bond donors (Lipinski definition) is 1. The number of ether oxygens (including phenoxy) is 2. The van der Waals surface area contributed by atoms with Gasteiger partial charge in [-0.25, -0.2) is 4.79 Å². The molecule has 0 heterocycles. The van der Waals surface area contributed by atoms with Crippen LogP contribution in [0.1, 0.15) is 51.4 Å². The van der Waals surface area contributed by atoms with Crippen molar-refractivity contribution in [2.75, 3.05) is 32.0 Å². The van der Waals surface area contributed by atoms with E-state index >= 15 is 0 Å². The summed E-state index contributed by atoms with van der Waals surface area (Å²) < 4.78 is 11.1. The predicted molar refractivity (Wildman–Crippen MR) is 98.5 cm³/mol. The SMILES string of the molecule is CCCOc1cc(C(=O)OC[C@H](C(C)C)N(CC)CC)ccc1N. The Labute approximate surface area is 146 Å². The van der Waals surface area contributed by atoms with Crippen LogP contribution in [0.3, 0.4) is 0 Å². The smallest absolute Gasteiger partial charge is 0.338 e. The second-order valence-electron chi connectivity index (χ2n) is 6.23. The number of nitrogens with zero attached hydrogens (tertiary/aromatic N) is 1. The zero-order valence-corrected chi connectivity index (χ0v) is 15.7. The minimum Gasteiger partial charge on any atom is -0.491 e. The summed E-state index contributed by atoms with van der Waals surface area (Å²) in [7, 11) is 0. The van der Waals surface area contributed by atoms with Gasteiger partial charge in [0.15, 0.2) is 0 Å². The van der Waals surface area contributed by atoms with E-state index in [9.17, 15) is 4.79 Å². The maximum atomic E-state index is 12.4. The molecule has 0 fully saturated rings. The molecule has 0 amide bonds. The number of nitrogen functional groups attached to an aromatic ring is 1. The third-order valence-corrected chi connectivity index (χ3v) is 4.15. The largest absolute Gasteiger partial charge is 0.491 e. The van der Waals surface area contributed by atoms with Crippen LogP contribution in [0, 0.1) is 5.92 Å². The van der Waals surface area contributed by atoms with Gasteiger partial charge in [0.1, 0.15) is 12.4 Å². The lowest BCUT2D eigenvalue weighted by Gasteiger charge is -2.32. The van der Waals surface area contributed by atoms with Crippen molar-refractivity contribution in [3.05, 3.63) is 23.8 Å². The number of carbonyl (C=O) groups excluding carboxylic acids is 1. The van der Waals surface area contributed by atoms with Gasteiger partial charge < -0.3 is 15.2 Å². The zero-order chi connectivity index (χ0) is 18.1. The molecule has 0 aromatic heterocycles. The molecule has 0 saturated carbocycles. The van der Waals surface area contributed by atoms with Crippen LogP contribution in [0.4, 0.5) is 5.69 Å². The van der Waals surface area contributed by atoms with Crippen LogP contribution >= 0.6 is 0 Å². The first-order valence-electron chi connectivity index (χ1n) is 8.87. The second kappa shape index (κ2) is 10.2. The van der Waals surface area contributed by atoms with Gasteiger partial charge in [0.05, 0.1) is 17.9 Å². The van der Waals surface area contributed by atoms with E-state index in [1.807, 2.05) is 6.92 Å². The van der Waals surface area contributed by atoms with Crippen molar-refractivity contribution < 1.29 is 14.3 Å². The first kappa shape index (κ1) is 20.3. The molecular weight excluding hydrogens is 304 g/mol. The molecule has 0 aliphatic rings. The lowest BCUT2D eigenvalue weighted by molar-refractivity contribution is 0.0290. The van der Waals surface area contributed by atoms with Crippen molar-refractivity contribution in [1.82, 2.24) is 4.90 Å².